The van der Waals surface area contributed by atoms with Crippen molar-refractivity contribution in [2.24, 2.45) is 0 Å². The zero-order valence-corrected chi connectivity index (χ0v) is 9.25. The largest absolute Gasteiger partial charge is 0.288 e. The fourth-order valence-electron chi connectivity index (χ4n) is 1.59. The van der Waals surface area contributed by atoms with Crippen molar-refractivity contribution >= 4 is 28.4 Å². The van der Waals surface area contributed by atoms with Gasteiger partial charge in [0.2, 0.25) is 0 Å². The average Bonchev–Trinajstić information content (AvgIpc) is 2.28. The van der Waals surface area contributed by atoms with Gasteiger partial charge in [0.1, 0.15) is 0 Å². The number of carbonyl (C=O) groups excluding carboxylic acids is 1. The number of fused-ring (bicyclic) bond motifs is 1. The highest BCUT2D eigenvalue weighted by atomic mass is 35.5. The number of carbonyl (C=O) groups is 1. The molecule has 1 amide bonds. The summed E-state index contributed by atoms with van der Waals surface area (Å²) in [6.45, 7) is 1.90. The summed E-state index contributed by atoms with van der Waals surface area (Å²) < 4.78 is 0. The molecule has 0 fully saturated rings. The minimum atomic E-state index is -0.620. The average molecular weight is 237 g/mol. The Balaban J connectivity index is 2.83. The number of pyridine rings is 1. The maximum absolute atomic E-state index is 11.4. The van der Waals surface area contributed by atoms with E-state index in [1.165, 1.54) is 6.07 Å². The van der Waals surface area contributed by atoms with Gasteiger partial charge in [0.05, 0.1) is 11.1 Å². The van der Waals surface area contributed by atoms with Crippen LogP contribution in [0.1, 0.15) is 15.9 Å². The summed E-state index contributed by atoms with van der Waals surface area (Å²) in [5.74, 6) is -0.620. The Kier molecular flexibility index (Phi) is 2.77. The minimum Gasteiger partial charge on any atom is -0.288 e. The van der Waals surface area contributed by atoms with Crippen LogP contribution < -0.4 is 5.48 Å². The number of hydrogen-bond donors (Lipinski definition) is 2. The second kappa shape index (κ2) is 4.08. The molecule has 0 aliphatic rings. The lowest BCUT2D eigenvalue weighted by atomic mass is 10.1. The number of aryl methyl sites for hydroxylation is 1. The Morgan fingerprint density at radius 2 is 2.25 bits per heavy atom. The molecule has 1 aromatic heterocycles. The van der Waals surface area contributed by atoms with E-state index in [0.29, 0.717) is 10.5 Å². The molecule has 0 saturated carbocycles. The fourth-order valence-corrected chi connectivity index (χ4v) is 1.80. The van der Waals surface area contributed by atoms with Crippen LogP contribution >= 0.6 is 11.6 Å². The molecule has 0 bridgehead atoms. The smallest absolute Gasteiger partial charge is 0.276 e. The third kappa shape index (κ3) is 1.73. The van der Waals surface area contributed by atoms with E-state index in [1.54, 1.807) is 17.7 Å². The van der Waals surface area contributed by atoms with Gasteiger partial charge in [-0.3, -0.25) is 15.0 Å². The number of nitrogens with zero attached hydrogens (tertiary/aromatic N) is 1. The van der Waals surface area contributed by atoms with Gasteiger partial charge >= 0.3 is 0 Å². The highest BCUT2D eigenvalue weighted by molar-refractivity contribution is 6.32. The molecule has 2 N–H and O–H groups in total. The van der Waals surface area contributed by atoms with Crippen molar-refractivity contribution in [3.63, 3.8) is 0 Å². The van der Waals surface area contributed by atoms with Crippen LogP contribution in [0.4, 0.5) is 0 Å². The molecule has 0 radical (unpaired) electrons. The number of amides is 1. The second-order valence-corrected chi connectivity index (χ2v) is 3.85. The van der Waals surface area contributed by atoms with Gasteiger partial charge in [0.25, 0.3) is 5.91 Å². The normalized spacial score (nSPS) is 10.4. The summed E-state index contributed by atoms with van der Waals surface area (Å²) in [7, 11) is 0. The molecule has 82 valence electrons. The van der Waals surface area contributed by atoms with Gasteiger partial charge < -0.3 is 0 Å². The molecule has 0 atom stereocenters. The van der Waals surface area contributed by atoms with E-state index in [-0.39, 0.29) is 5.56 Å². The minimum absolute atomic E-state index is 0.258. The van der Waals surface area contributed by atoms with Crippen LogP contribution in [-0.4, -0.2) is 16.1 Å². The highest BCUT2D eigenvalue weighted by Gasteiger charge is 2.12. The number of nitrogens with one attached hydrogen (secondary N) is 1. The predicted octanol–water partition coefficient (Wildman–Crippen LogP) is 2.32. The van der Waals surface area contributed by atoms with Gasteiger partial charge in [0, 0.05) is 16.6 Å². The van der Waals surface area contributed by atoms with Gasteiger partial charge in [-0.25, -0.2) is 5.48 Å². The van der Waals surface area contributed by atoms with Crippen LogP contribution in [0.15, 0.2) is 24.4 Å². The van der Waals surface area contributed by atoms with Crippen LogP contribution in [0.3, 0.4) is 0 Å². The van der Waals surface area contributed by atoms with Crippen molar-refractivity contribution in [2.45, 2.75) is 6.92 Å². The topological polar surface area (TPSA) is 62.2 Å². The van der Waals surface area contributed by atoms with Gasteiger partial charge in [-0.2, -0.15) is 0 Å². The third-order valence-corrected chi connectivity index (χ3v) is 2.59. The fraction of sp³-hybridized carbons (Fsp3) is 0.0909. The standard InChI is InChI=1S/C11H9ClN2O2/c1-6-2-3-13-10-8(6)4-7(12)5-9(10)11(15)14-16/h2-5,16H,1H3,(H,14,15). The third-order valence-electron chi connectivity index (χ3n) is 2.37. The summed E-state index contributed by atoms with van der Waals surface area (Å²) in [4.78, 5) is 15.6. The first kappa shape index (κ1) is 10.9. The molecule has 2 rings (SSSR count). The SMILES string of the molecule is Cc1ccnc2c(C(=O)NO)cc(Cl)cc12. The maximum Gasteiger partial charge on any atom is 0.276 e. The van der Waals surface area contributed by atoms with Gasteiger partial charge in [0.15, 0.2) is 0 Å². The second-order valence-electron chi connectivity index (χ2n) is 3.42. The molecule has 0 saturated heterocycles. The monoisotopic (exact) mass is 236 g/mol. The number of benzene rings is 1. The lowest BCUT2D eigenvalue weighted by Gasteiger charge is -2.06. The van der Waals surface area contributed by atoms with Crippen molar-refractivity contribution in [1.29, 1.82) is 0 Å². The lowest BCUT2D eigenvalue weighted by molar-refractivity contribution is 0.0708. The molecular formula is C11H9ClN2O2. The Morgan fingerprint density at radius 1 is 1.50 bits per heavy atom. The van der Waals surface area contributed by atoms with Gasteiger partial charge in [-0.05, 0) is 30.7 Å². The molecule has 5 heteroatoms. The highest BCUT2D eigenvalue weighted by Crippen LogP contribution is 2.24. The Morgan fingerprint density at radius 3 is 2.94 bits per heavy atom. The Hall–Kier alpha value is -1.65. The van der Waals surface area contributed by atoms with Gasteiger partial charge in [-0.1, -0.05) is 11.6 Å². The van der Waals surface area contributed by atoms with E-state index in [9.17, 15) is 4.79 Å². The first-order valence-corrected chi connectivity index (χ1v) is 5.00. The summed E-state index contributed by atoms with van der Waals surface area (Å²) >= 11 is 5.91. The number of hydrogen-bond acceptors (Lipinski definition) is 3. The Bertz CT molecular complexity index is 569. The van der Waals surface area contributed by atoms with Gasteiger partial charge in [-0.15, -0.1) is 0 Å². The van der Waals surface area contributed by atoms with Crippen molar-refractivity contribution in [3.05, 3.63) is 40.5 Å². The van der Waals surface area contributed by atoms with E-state index >= 15 is 0 Å². The molecule has 0 unspecified atom stereocenters. The molecule has 0 aliphatic heterocycles. The molecule has 0 spiro atoms. The van der Waals surface area contributed by atoms with Crippen LogP contribution in [0, 0.1) is 6.92 Å². The summed E-state index contributed by atoms with van der Waals surface area (Å²) in [5.41, 5.74) is 3.34. The van der Waals surface area contributed by atoms with E-state index in [2.05, 4.69) is 4.98 Å². The van der Waals surface area contributed by atoms with E-state index in [4.69, 9.17) is 16.8 Å². The van der Waals surface area contributed by atoms with Crippen LogP contribution in [-0.2, 0) is 0 Å². The van der Waals surface area contributed by atoms with Crippen molar-refractivity contribution in [3.8, 4) is 0 Å². The number of aromatic nitrogens is 1. The number of hydroxylamine groups is 1. The predicted molar refractivity (Wildman–Crippen MR) is 60.7 cm³/mol. The summed E-state index contributed by atoms with van der Waals surface area (Å²) in [6.07, 6.45) is 1.61. The first-order chi connectivity index (χ1) is 7.63. The Labute approximate surface area is 96.8 Å². The van der Waals surface area contributed by atoms with Crippen molar-refractivity contribution in [2.75, 3.05) is 0 Å². The molecular weight excluding hydrogens is 228 g/mol. The lowest BCUT2D eigenvalue weighted by Crippen LogP contribution is -2.19. The first-order valence-electron chi connectivity index (χ1n) is 4.63. The summed E-state index contributed by atoms with van der Waals surface area (Å²) in [6, 6.07) is 5.05. The summed E-state index contributed by atoms with van der Waals surface area (Å²) in [5, 5.41) is 9.87. The van der Waals surface area contributed by atoms with E-state index in [1.807, 2.05) is 13.0 Å². The molecule has 4 nitrogen and oxygen atoms in total. The van der Waals surface area contributed by atoms with Crippen molar-refractivity contribution in [1.82, 2.24) is 10.5 Å². The van der Waals surface area contributed by atoms with E-state index < -0.39 is 5.91 Å². The maximum atomic E-state index is 11.4. The zero-order valence-electron chi connectivity index (χ0n) is 8.49. The number of rotatable bonds is 1. The molecule has 16 heavy (non-hydrogen) atoms. The van der Waals surface area contributed by atoms with Crippen LogP contribution in [0.2, 0.25) is 5.02 Å². The quantitative estimate of drug-likeness (QED) is 0.590. The molecule has 1 aromatic carbocycles. The molecule has 0 aliphatic carbocycles. The van der Waals surface area contributed by atoms with Crippen LogP contribution in [0.5, 0.6) is 0 Å². The van der Waals surface area contributed by atoms with E-state index in [0.717, 1.165) is 10.9 Å². The zero-order chi connectivity index (χ0) is 11.7. The molecule has 1 heterocycles. The van der Waals surface area contributed by atoms with Crippen LogP contribution in [0.25, 0.3) is 10.9 Å². The van der Waals surface area contributed by atoms with Crippen molar-refractivity contribution < 1.29 is 10.0 Å². The number of halogens is 1. The molecule has 2 aromatic rings.